The fourth-order valence-electron chi connectivity index (χ4n) is 2.74. The number of nitrogens with zero attached hydrogens (tertiary/aromatic N) is 2. The molecule has 10 heteroatoms. The lowest BCUT2D eigenvalue weighted by molar-refractivity contribution is -0.386. The van der Waals surface area contributed by atoms with Gasteiger partial charge in [0.05, 0.1) is 16.9 Å². The smallest absolute Gasteiger partial charge is 0.315 e. The highest BCUT2D eigenvalue weighted by molar-refractivity contribution is 7.89. The van der Waals surface area contributed by atoms with Crippen molar-refractivity contribution in [2.75, 3.05) is 27.2 Å². The number of nitrogens with one attached hydrogen (secondary N) is 1. The van der Waals surface area contributed by atoms with Gasteiger partial charge in [0.25, 0.3) is 0 Å². The quantitative estimate of drug-likeness (QED) is 0.611. The topological polar surface area (TPSA) is 102 Å². The maximum Gasteiger partial charge on any atom is 0.315 e. The van der Waals surface area contributed by atoms with Gasteiger partial charge in [-0.25, -0.2) is 12.8 Å². The Morgan fingerprint density at radius 1 is 1.52 bits per heavy atom. The van der Waals surface area contributed by atoms with Gasteiger partial charge in [-0.1, -0.05) is 0 Å². The van der Waals surface area contributed by atoms with Crippen LogP contribution in [0.25, 0.3) is 0 Å². The van der Waals surface area contributed by atoms with Gasteiger partial charge in [-0.2, -0.15) is 4.31 Å². The number of nitro benzene ring substituents is 1. The molecule has 1 unspecified atom stereocenters. The van der Waals surface area contributed by atoms with E-state index in [1.165, 1.54) is 4.31 Å². The molecular weight excluding hydrogens is 329 g/mol. The van der Waals surface area contributed by atoms with E-state index < -0.39 is 37.1 Å². The number of hydrogen-bond acceptors (Lipinski definition) is 6. The third-order valence-corrected chi connectivity index (χ3v) is 5.70. The fourth-order valence-corrected chi connectivity index (χ4v) is 4.47. The molecule has 1 aliphatic rings. The number of likely N-dealkylation sites (N-methyl/N-ethyl adjacent to an activating group) is 1. The minimum atomic E-state index is -4.02. The lowest BCUT2D eigenvalue weighted by atomic mass is 10.2. The van der Waals surface area contributed by atoms with Crippen LogP contribution in [0.4, 0.5) is 10.1 Å². The summed E-state index contributed by atoms with van der Waals surface area (Å²) in [6, 6.07) is 1.34. The van der Waals surface area contributed by atoms with E-state index >= 15 is 0 Å². The summed E-state index contributed by atoms with van der Waals surface area (Å²) in [4.78, 5) is 9.74. The maximum atomic E-state index is 14.0. The zero-order valence-electron chi connectivity index (χ0n) is 12.8. The minimum Gasteiger partial charge on any atom is -0.488 e. The van der Waals surface area contributed by atoms with Crippen LogP contribution < -0.4 is 10.1 Å². The fraction of sp³-hybridized carbons (Fsp3) is 0.538. The van der Waals surface area contributed by atoms with Gasteiger partial charge in [-0.05, 0) is 26.0 Å². The average molecular weight is 347 g/mol. The van der Waals surface area contributed by atoms with Crippen LogP contribution in [0.1, 0.15) is 12.8 Å². The molecule has 0 spiro atoms. The number of ether oxygens (including phenoxy) is 1. The summed E-state index contributed by atoms with van der Waals surface area (Å²) in [5, 5.41) is 14.0. The Balaban J connectivity index is 2.50. The van der Waals surface area contributed by atoms with Crippen molar-refractivity contribution in [3.05, 3.63) is 28.1 Å². The van der Waals surface area contributed by atoms with Gasteiger partial charge in [0.2, 0.25) is 15.8 Å². The van der Waals surface area contributed by atoms with Crippen LogP contribution >= 0.6 is 0 Å². The summed E-state index contributed by atoms with van der Waals surface area (Å²) < 4.78 is 45.4. The van der Waals surface area contributed by atoms with Crippen LogP contribution in [0.5, 0.6) is 5.75 Å². The normalized spacial score (nSPS) is 19.0. The summed E-state index contributed by atoms with van der Waals surface area (Å²) in [6.07, 6.45) is 1.37. The van der Waals surface area contributed by atoms with Crippen molar-refractivity contribution in [2.45, 2.75) is 23.8 Å². The summed E-state index contributed by atoms with van der Waals surface area (Å²) >= 11 is 0. The molecule has 0 aliphatic carbocycles. The summed E-state index contributed by atoms with van der Waals surface area (Å²) in [5.74, 6) is -1.66. The number of hydrogen-bond donors (Lipinski definition) is 1. The van der Waals surface area contributed by atoms with Crippen molar-refractivity contribution in [3.63, 3.8) is 0 Å². The maximum absolute atomic E-state index is 14.0. The van der Waals surface area contributed by atoms with E-state index in [1.54, 1.807) is 7.05 Å². The molecule has 1 saturated heterocycles. The molecular formula is C13H18FN3O5S. The summed E-state index contributed by atoms with van der Waals surface area (Å²) in [5.41, 5.74) is -0.713. The predicted molar refractivity (Wildman–Crippen MR) is 80.4 cm³/mol. The first-order valence-electron chi connectivity index (χ1n) is 7.01. The Morgan fingerprint density at radius 3 is 2.78 bits per heavy atom. The van der Waals surface area contributed by atoms with Gasteiger partial charge < -0.3 is 10.1 Å². The molecule has 0 amide bonds. The number of benzene rings is 1. The van der Waals surface area contributed by atoms with Crippen LogP contribution in [0, 0.1) is 15.9 Å². The van der Waals surface area contributed by atoms with Crippen molar-refractivity contribution < 1.29 is 22.5 Å². The molecule has 8 nitrogen and oxygen atoms in total. The molecule has 0 saturated carbocycles. The van der Waals surface area contributed by atoms with Gasteiger partial charge in [-0.15, -0.1) is 0 Å². The Kier molecular flexibility index (Phi) is 5.17. The monoisotopic (exact) mass is 347 g/mol. The highest BCUT2D eigenvalue weighted by atomic mass is 32.2. The van der Waals surface area contributed by atoms with Gasteiger partial charge in [0.1, 0.15) is 0 Å². The van der Waals surface area contributed by atoms with Gasteiger partial charge in [0.15, 0.2) is 5.82 Å². The van der Waals surface area contributed by atoms with Crippen LogP contribution in [-0.4, -0.2) is 50.9 Å². The van der Waals surface area contributed by atoms with Crippen LogP contribution in [0.15, 0.2) is 17.0 Å². The number of rotatable bonds is 6. The zero-order chi connectivity index (χ0) is 17.2. The Bertz CT molecular complexity index is 710. The van der Waals surface area contributed by atoms with Crippen LogP contribution in [-0.2, 0) is 10.0 Å². The highest BCUT2D eigenvalue weighted by Gasteiger charge is 2.36. The first kappa shape index (κ1) is 17.6. The van der Waals surface area contributed by atoms with E-state index in [-0.39, 0.29) is 6.04 Å². The summed E-state index contributed by atoms with van der Waals surface area (Å²) in [7, 11) is -1.22. The lowest BCUT2D eigenvalue weighted by Gasteiger charge is -2.24. The third-order valence-electron chi connectivity index (χ3n) is 3.77. The summed E-state index contributed by atoms with van der Waals surface area (Å²) in [6.45, 7) is 0.760. The van der Waals surface area contributed by atoms with E-state index in [0.717, 1.165) is 19.2 Å². The first-order valence-corrected chi connectivity index (χ1v) is 8.45. The molecule has 1 atom stereocenters. The third kappa shape index (κ3) is 3.28. The van der Waals surface area contributed by atoms with E-state index in [1.807, 2.05) is 0 Å². The molecule has 0 aromatic heterocycles. The molecule has 0 bridgehead atoms. The van der Waals surface area contributed by atoms with Crippen molar-refractivity contribution in [1.29, 1.82) is 0 Å². The molecule has 1 heterocycles. The second-order valence-electron chi connectivity index (χ2n) is 5.18. The molecule has 2 rings (SSSR count). The predicted octanol–water partition coefficient (Wildman–Crippen LogP) is 1.12. The van der Waals surface area contributed by atoms with Crippen LogP contribution in [0.3, 0.4) is 0 Å². The lowest BCUT2D eigenvalue weighted by Crippen LogP contribution is -2.40. The van der Waals surface area contributed by atoms with Crippen molar-refractivity contribution in [3.8, 4) is 5.75 Å². The molecule has 1 fully saturated rings. The van der Waals surface area contributed by atoms with E-state index in [2.05, 4.69) is 10.1 Å². The number of sulfonamides is 1. The molecule has 1 aromatic rings. The molecule has 1 aliphatic heterocycles. The standard InChI is InChI=1S/C13H18FN3O5S/c1-15-8-9-4-3-5-16(9)23(20,21)10-6-11(14)13(22-2)12(7-10)17(18)19/h6-7,9,15H,3-5,8H2,1-2H3. The Labute approximate surface area is 133 Å². The molecule has 1 N–H and O–H groups in total. The Morgan fingerprint density at radius 2 is 2.22 bits per heavy atom. The molecule has 128 valence electrons. The van der Waals surface area contributed by atoms with Gasteiger partial charge in [-0.3, -0.25) is 10.1 Å². The number of methoxy groups -OCH3 is 1. The van der Waals surface area contributed by atoms with Crippen molar-refractivity contribution >= 4 is 15.7 Å². The molecule has 23 heavy (non-hydrogen) atoms. The number of nitro groups is 1. The van der Waals surface area contributed by atoms with Crippen LogP contribution in [0.2, 0.25) is 0 Å². The largest absolute Gasteiger partial charge is 0.488 e. The van der Waals surface area contributed by atoms with Crippen molar-refractivity contribution in [2.24, 2.45) is 0 Å². The number of halogens is 1. The minimum absolute atomic E-state index is 0.255. The molecule has 1 aromatic carbocycles. The van der Waals surface area contributed by atoms with Gasteiger partial charge in [0, 0.05) is 25.2 Å². The average Bonchev–Trinajstić information content (AvgIpc) is 2.95. The van der Waals surface area contributed by atoms with Crippen molar-refractivity contribution in [1.82, 2.24) is 9.62 Å². The first-order chi connectivity index (χ1) is 10.8. The second-order valence-corrected chi connectivity index (χ2v) is 7.07. The molecule has 0 radical (unpaired) electrons. The second kappa shape index (κ2) is 6.77. The Hall–Kier alpha value is -1.78. The zero-order valence-corrected chi connectivity index (χ0v) is 13.6. The van der Waals surface area contributed by atoms with E-state index in [9.17, 15) is 22.9 Å². The van der Waals surface area contributed by atoms with E-state index in [4.69, 9.17) is 0 Å². The van der Waals surface area contributed by atoms with E-state index in [0.29, 0.717) is 25.9 Å². The van der Waals surface area contributed by atoms with Gasteiger partial charge >= 0.3 is 5.69 Å². The highest BCUT2D eigenvalue weighted by Crippen LogP contribution is 2.35. The SMILES string of the molecule is CNCC1CCCN1S(=O)(=O)c1cc(F)c(OC)c([N+](=O)[O-])c1.